The highest BCUT2D eigenvalue weighted by Gasteiger charge is 2.24. The van der Waals surface area contributed by atoms with Crippen molar-refractivity contribution in [3.05, 3.63) is 18.0 Å². The highest BCUT2D eigenvalue weighted by molar-refractivity contribution is 5.80. The summed E-state index contributed by atoms with van der Waals surface area (Å²) in [5, 5.41) is 7.55. The predicted molar refractivity (Wildman–Crippen MR) is 75.0 cm³/mol. The molecule has 2 heterocycles. The lowest BCUT2D eigenvalue weighted by molar-refractivity contribution is 0.157. The Kier molecular flexibility index (Phi) is 4.79. The smallest absolute Gasteiger partial charge is 0.193 e. The largest absolute Gasteiger partial charge is 0.384 e. The number of aryl methyl sites for hydroxylation is 1. The number of hydrogen-bond acceptors (Lipinski definition) is 3. The van der Waals surface area contributed by atoms with E-state index in [1.807, 2.05) is 31.0 Å². The third-order valence-electron chi connectivity index (χ3n) is 3.55. The minimum atomic E-state index is 0.611. The second-order valence-electron chi connectivity index (χ2n) is 4.90. The zero-order valence-electron chi connectivity index (χ0n) is 12.0. The minimum Gasteiger partial charge on any atom is -0.384 e. The van der Waals surface area contributed by atoms with E-state index in [1.165, 1.54) is 6.42 Å². The summed E-state index contributed by atoms with van der Waals surface area (Å²) in [6.07, 6.45) is 2.98. The molecule has 106 valence electrons. The number of aromatic nitrogens is 2. The summed E-state index contributed by atoms with van der Waals surface area (Å²) in [6.45, 7) is 3.63. The summed E-state index contributed by atoms with van der Waals surface area (Å²) in [4.78, 5) is 6.65. The zero-order valence-corrected chi connectivity index (χ0v) is 12.0. The van der Waals surface area contributed by atoms with Crippen molar-refractivity contribution < 1.29 is 4.74 Å². The van der Waals surface area contributed by atoms with Gasteiger partial charge in [0.25, 0.3) is 0 Å². The van der Waals surface area contributed by atoms with Crippen LogP contribution in [-0.4, -0.2) is 54.5 Å². The van der Waals surface area contributed by atoms with E-state index in [1.54, 1.807) is 7.11 Å². The number of likely N-dealkylation sites (tertiary alicyclic amines) is 1. The lowest BCUT2D eigenvalue weighted by atomic mass is 10.1. The van der Waals surface area contributed by atoms with Gasteiger partial charge in [-0.05, 0) is 12.5 Å². The molecule has 0 aliphatic carbocycles. The Balaban J connectivity index is 1.86. The van der Waals surface area contributed by atoms with Crippen molar-refractivity contribution >= 4 is 5.96 Å². The van der Waals surface area contributed by atoms with Crippen molar-refractivity contribution in [2.45, 2.75) is 13.0 Å². The van der Waals surface area contributed by atoms with Crippen molar-refractivity contribution in [2.75, 3.05) is 33.9 Å². The van der Waals surface area contributed by atoms with Crippen molar-refractivity contribution in [2.24, 2.45) is 18.0 Å². The van der Waals surface area contributed by atoms with Crippen LogP contribution in [0.15, 0.2) is 17.3 Å². The van der Waals surface area contributed by atoms with Gasteiger partial charge >= 0.3 is 0 Å². The molecule has 6 nitrogen and oxygen atoms in total. The molecule has 0 bridgehead atoms. The molecule has 6 heteroatoms. The fraction of sp³-hybridized carbons (Fsp3) is 0.692. The number of aliphatic imine (C=N–C) groups is 1. The third kappa shape index (κ3) is 3.47. The van der Waals surface area contributed by atoms with Gasteiger partial charge in [0.1, 0.15) is 0 Å². The molecule has 1 atom stereocenters. The van der Waals surface area contributed by atoms with Gasteiger partial charge in [-0.2, -0.15) is 5.10 Å². The standard InChI is InChI=1S/C13H23N5O/c1-14-13(15-8-12-4-6-16-17(12)2)18-7-5-11(9-18)10-19-3/h4,6,11H,5,7-10H2,1-3H3,(H,14,15). The van der Waals surface area contributed by atoms with E-state index in [0.717, 1.165) is 37.9 Å². The van der Waals surface area contributed by atoms with Crippen LogP contribution in [0.3, 0.4) is 0 Å². The van der Waals surface area contributed by atoms with E-state index in [-0.39, 0.29) is 0 Å². The molecule has 1 aliphatic rings. The number of methoxy groups -OCH3 is 1. The normalized spacial score (nSPS) is 20.1. The maximum Gasteiger partial charge on any atom is 0.193 e. The molecule has 1 saturated heterocycles. The van der Waals surface area contributed by atoms with Crippen LogP contribution in [0.5, 0.6) is 0 Å². The molecular weight excluding hydrogens is 242 g/mol. The Labute approximate surface area is 114 Å². The van der Waals surface area contributed by atoms with Crippen LogP contribution in [0, 0.1) is 5.92 Å². The number of nitrogens with zero attached hydrogens (tertiary/aromatic N) is 4. The molecule has 1 N–H and O–H groups in total. The average Bonchev–Trinajstić information content (AvgIpc) is 3.01. The number of ether oxygens (including phenoxy) is 1. The van der Waals surface area contributed by atoms with E-state index in [0.29, 0.717) is 5.92 Å². The van der Waals surface area contributed by atoms with Gasteiger partial charge < -0.3 is 15.0 Å². The van der Waals surface area contributed by atoms with Gasteiger partial charge in [-0.1, -0.05) is 0 Å². The molecule has 1 aromatic heterocycles. The lowest BCUT2D eigenvalue weighted by Crippen LogP contribution is -2.40. The fourth-order valence-corrected chi connectivity index (χ4v) is 2.47. The van der Waals surface area contributed by atoms with Crippen LogP contribution in [0.25, 0.3) is 0 Å². The van der Waals surface area contributed by atoms with Gasteiger partial charge in [0.15, 0.2) is 5.96 Å². The third-order valence-corrected chi connectivity index (χ3v) is 3.55. The Morgan fingerprint density at radius 1 is 1.63 bits per heavy atom. The van der Waals surface area contributed by atoms with Gasteiger partial charge in [-0.15, -0.1) is 0 Å². The molecule has 0 spiro atoms. The summed E-state index contributed by atoms with van der Waals surface area (Å²) >= 11 is 0. The fourth-order valence-electron chi connectivity index (χ4n) is 2.47. The first-order valence-corrected chi connectivity index (χ1v) is 6.66. The van der Waals surface area contributed by atoms with Crippen LogP contribution in [-0.2, 0) is 18.3 Å². The van der Waals surface area contributed by atoms with Crippen molar-refractivity contribution in [3.8, 4) is 0 Å². The highest BCUT2D eigenvalue weighted by Crippen LogP contribution is 2.16. The van der Waals surface area contributed by atoms with E-state index < -0.39 is 0 Å². The molecule has 1 aliphatic heterocycles. The quantitative estimate of drug-likeness (QED) is 0.635. The zero-order chi connectivity index (χ0) is 13.7. The summed E-state index contributed by atoms with van der Waals surface area (Å²) in [5.41, 5.74) is 1.15. The molecule has 1 aromatic rings. The number of hydrogen-bond donors (Lipinski definition) is 1. The van der Waals surface area contributed by atoms with Gasteiger partial charge in [-0.25, -0.2) is 0 Å². The summed E-state index contributed by atoms with van der Waals surface area (Å²) in [5.74, 6) is 1.57. The first-order valence-electron chi connectivity index (χ1n) is 6.66. The molecule has 0 radical (unpaired) electrons. The van der Waals surface area contributed by atoms with E-state index in [2.05, 4.69) is 20.3 Å². The molecule has 19 heavy (non-hydrogen) atoms. The van der Waals surface area contributed by atoms with E-state index in [4.69, 9.17) is 4.74 Å². The molecule has 1 fully saturated rings. The van der Waals surface area contributed by atoms with Gasteiger partial charge in [0.2, 0.25) is 0 Å². The van der Waals surface area contributed by atoms with Crippen LogP contribution in [0.4, 0.5) is 0 Å². The van der Waals surface area contributed by atoms with Gasteiger partial charge in [-0.3, -0.25) is 9.67 Å². The first-order chi connectivity index (χ1) is 9.24. The van der Waals surface area contributed by atoms with Crippen LogP contribution in [0.1, 0.15) is 12.1 Å². The minimum absolute atomic E-state index is 0.611. The van der Waals surface area contributed by atoms with Crippen LogP contribution < -0.4 is 5.32 Å². The van der Waals surface area contributed by atoms with E-state index >= 15 is 0 Å². The van der Waals surface area contributed by atoms with E-state index in [9.17, 15) is 0 Å². The SMILES string of the molecule is CN=C(NCc1ccnn1C)N1CCC(COC)C1. The second kappa shape index (κ2) is 6.56. The summed E-state index contributed by atoms with van der Waals surface area (Å²) in [7, 11) is 5.54. The molecule has 2 rings (SSSR count). The maximum atomic E-state index is 5.22. The Morgan fingerprint density at radius 3 is 3.11 bits per heavy atom. The Hall–Kier alpha value is -1.56. The van der Waals surface area contributed by atoms with Crippen molar-refractivity contribution in [1.82, 2.24) is 20.0 Å². The van der Waals surface area contributed by atoms with Crippen LogP contribution >= 0.6 is 0 Å². The van der Waals surface area contributed by atoms with Crippen molar-refractivity contribution in [1.29, 1.82) is 0 Å². The number of rotatable bonds is 4. The highest BCUT2D eigenvalue weighted by atomic mass is 16.5. The number of guanidine groups is 1. The molecular formula is C13H23N5O. The molecule has 0 amide bonds. The predicted octanol–water partition coefficient (Wildman–Crippen LogP) is 0.464. The summed E-state index contributed by atoms with van der Waals surface area (Å²) < 4.78 is 7.10. The Morgan fingerprint density at radius 2 is 2.47 bits per heavy atom. The number of nitrogens with one attached hydrogen (secondary N) is 1. The summed E-state index contributed by atoms with van der Waals surface area (Å²) in [6, 6.07) is 2.01. The van der Waals surface area contributed by atoms with Crippen molar-refractivity contribution in [3.63, 3.8) is 0 Å². The lowest BCUT2D eigenvalue weighted by Gasteiger charge is -2.21. The Bertz CT molecular complexity index is 428. The topological polar surface area (TPSA) is 54.7 Å². The first kappa shape index (κ1) is 13.9. The molecule has 0 aromatic carbocycles. The van der Waals surface area contributed by atoms with Gasteiger partial charge in [0.05, 0.1) is 18.8 Å². The monoisotopic (exact) mass is 265 g/mol. The average molecular weight is 265 g/mol. The van der Waals surface area contributed by atoms with Crippen LogP contribution in [0.2, 0.25) is 0 Å². The second-order valence-corrected chi connectivity index (χ2v) is 4.90. The van der Waals surface area contributed by atoms with Gasteiger partial charge in [0, 0.05) is 46.4 Å². The molecule has 1 unspecified atom stereocenters. The molecule has 0 saturated carbocycles. The maximum absolute atomic E-state index is 5.22.